The first-order valence-corrected chi connectivity index (χ1v) is 8.86. The lowest BCUT2D eigenvalue weighted by molar-refractivity contribution is -0.384. The van der Waals surface area contributed by atoms with Crippen LogP contribution in [0.5, 0.6) is 5.75 Å². The summed E-state index contributed by atoms with van der Waals surface area (Å²) in [6, 6.07) is 13.0. The molecule has 0 aliphatic rings. The van der Waals surface area contributed by atoms with E-state index in [1.807, 2.05) is 6.07 Å². The zero-order valence-electron chi connectivity index (χ0n) is 15.4. The highest BCUT2D eigenvalue weighted by molar-refractivity contribution is 5.86. The van der Waals surface area contributed by atoms with E-state index in [0.717, 1.165) is 5.56 Å². The Bertz CT molecular complexity index is 866. The third-order valence-corrected chi connectivity index (χ3v) is 3.96. The number of esters is 1. The molecule has 1 atom stereocenters. The quantitative estimate of drug-likeness (QED) is 0.271. The van der Waals surface area contributed by atoms with Crippen LogP contribution in [0.4, 0.5) is 5.69 Å². The SMILES string of the molecule is O=C(O)CCCC(=O)N[C@@H](Cc1ccccc1)C(=O)Oc1ccc([N+](=O)[O-])cc1. The van der Waals surface area contributed by atoms with Crippen LogP contribution in [0.15, 0.2) is 54.6 Å². The molecule has 2 rings (SSSR count). The van der Waals surface area contributed by atoms with Gasteiger partial charge in [-0.15, -0.1) is 0 Å². The van der Waals surface area contributed by atoms with Crippen LogP contribution in [0.1, 0.15) is 24.8 Å². The number of nitrogens with one attached hydrogen (secondary N) is 1. The molecule has 0 heterocycles. The summed E-state index contributed by atoms with van der Waals surface area (Å²) in [6.45, 7) is 0. The van der Waals surface area contributed by atoms with Gasteiger partial charge in [0.05, 0.1) is 4.92 Å². The monoisotopic (exact) mass is 400 g/mol. The molecule has 152 valence electrons. The highest BCUT2D eigenvalue weighted by Gasteiger charge is 2.23. The number of non-ortho nitro benzene ring substituents is 1. The maximum absolute atomic E-state index is 12.6. The van der Waals surface area contributed by atoms with E-state index in [4.69, 9.17) is 9.84 Å². The van der Waals surface area contributed by atoms with Crippen LogP contribution < -0.4 is 10.1 Å². The van der Waals surface area contributed by atoms with Gasteiger partial charge >= 0.3 is 11.9 Å². The number of nitrogens with zero attached hydrogens (tertiary/aromatic N) is 1. The van der Waals surface area contributed by atoms with Gasteiger partial charge in [-0.25, -0.2) is 4.79 Å². The molecule has 2 aromatic rings. The fourth-order valence-corrected chi connectivity index (χ4v) is 2.53. The van der Waals surface area contributed by atoms with Gasteiger partial charge in [-0.1, -0.05) is 30.3 Å². The van der Waals surface area contributed by atoms with Crippen molar-refractivity contribution >= 4 is 23.5 Å². The minimum atomic E-state index is -1.00. The summed E-state index contributed by atoms with van der Waals surface area (Å²) in [5.74, 6) is -2.09. The summed E-state index contributed by atoms with van der Waals surface area (Å²) < 4.78 is 5.26. The number of carboxylic acids is 1. The third kappa shape index (κ3) is 7.41. The summed E-state index contributed by atoms with van der Waals surface area (Å²) in [5.41, 5.74) is 0.654. The Morgan fingerprint density at radius 1 is 1.03 bits per heavy atom. The number of carboxylic acid groups (broad SMARTS) is 1. The molecule has 0 radical (unpaired) electrons. The fourth-order valence-electron chi connectivity index (χ4n) is 2.53. The maximum atomic E-state index is 12.6. The van der Waals surface area contributed by atoms with Crippen LogP contribution in [0.25, 0.3) is 0 Å². The van der Waals surface area contributed by atoms with E-state index in [-0.39, 0.29) is 37.1 Å². The first kappa shape index (κ1) is 21.5. The number of nitro benzene ring substituents is 1. The Balaban J connectivity index is 2.06. The second kappa shape index (κ2) is 10.5. The van der Waals surface area contributed by atoms with Crippen molar-refractivity contribution in [1.82, 2.24) is 5.32 Å². The molecular weight excluding hydrogens is 380 g/mol. The summed E-state index contributed by atoms with van der Waals surface area (Å²) in [6.07, 6.45) is 0.139. The number of hydrogen-bond acceptors (Lipinski definition) is 6. The third-order valence-electron chi connectivity index (χ3n) is 3.96. The van der Waals surface area contributed by atoms with Crippen molar-refractivity contribution in [2.75, 3.05) is 0 Å². The smallest absolute Gasteiger partial charge is 0.334 e. The molecule has 0 aromatic heterocycles. The second-order valence-electron chi connectivity index (χ2n) is 6.23. The average Bonchev–Trinajstić information content (AvgIpc) is 2.68. The number of carbonyl (C=O) groups is 3. The molecule has 9 heteroatoms. The van der Waals surface area contributed by atoms with Crippen LogP contribution in [0.3, 0.4) is 0 Å². The van der Waals surface area contributed by atoms with E-state index >= 15 is 0 Å². The molecule has 0 spiro atoms. The van der Waals surface area contributed by atoms with E-state index < -0.39 is 28.8 Å². The number of aliphatic carboxylic acids is 1. The van der Waals surface area contributed by atoms with Crippen molar-refractivity contribution in [1.29, 1.82) is 0 Å². The van der Waals surface area contributed by atoms with Gasteiger partial charge in [0.25, 0.3) is 5.69 Å². The minimum absolute atomic E-state index is 0.0393. The Labute approximate surface area is 166 Å². The Kier molecular flexibility index (Phi) is 7.84. The van der Waals surface area contributed by atoms with E-state index in [9.17, 15) is 24.5 Å². The van der Waals surface area contributed by atoms with Crippen molar-refractivity contribution in [3.63, 3.8) is 0 Å². The van der Waals surface area contributed by atoms with Gasteiger partial charge in [0, 0.05) is 31.4 Å². The van der Waals surface area contributed by atoms with Crippen LogP contribution in [-0.4, -0.2) is 33.9 Å². The topological polar surface area (TPSA) is 136 Å². The first-order valence-electron chi connectivity index (χ1n) is 8.86. The Morgan fingerprint density at radius 2 is 1.69 bits per heavy atom. The molecule has 9 nitrogen and oxygen atoms in total. The lowest BCUT2D eigenvalue weighted by Gasteiger charge is -2.18. The molecule has 0 fully saturated rings. The molecule has 1 amide bonds. The molecule has 0 aliphatic carbocycles. The van der Waals surface area contributed by atoms with Gasteiger partial charge in [0.15, 0.2) is 0 Å². The number of nitro groups is 1. The number of rotatable bonds is 10. The van der Waals surface area contributed by atoms with Gasteiger partial charge < -0.3 is 15.2 Å². The highest BCUT2D eigenvalue weighted by atomic mass is 16.6. The van der Waals surface area contributed by atoms with Crippen LogP contribution in [-0.2, 0) is 20.8 Å². The summed E-state index contributed by atoms with van der Waals surface area (Å²) in [7, 11) is 0. The zero-order valence-corrected chi connectivity index (χ0v) is 15.4. The predicted octanol–water partition coefficient (Wildman–Crippen LogP) is 2.48. The zero-order chi connectivity index (χ0) is 21.2. The molecule has 0 saturated heterocycles. The minimum Gasteiger partial charge on any atom is -0.481 e. The van der Waals surface area contributed by atoms with Gasteiger partial charge in [0.1, 0.15) is 11.8 Å². The predicted molar refractivity (Wildman–Crippen MR) is 102 cm³/mol. The lowest BCUT2D eigenvalue weighted by Crippen LogP contribution is -2.44. The van der Waals surface area contributed by atoms with E-state index in [1.165, 1.54) is 24.3 Å². The number of benzene rings is 2. The van der Waals surface area contributed by atoms with Gasteiger partial charge in [-0.2, -0.15) is 0 Å². The van der Waals surface area contributed by atoms with E-state index in [0.29, 0.717) is 0 Å². The highest BCUT2D eigenvalue weighted by Crippen LogP contribution is 2.18. The van der Waals surface area contributed by atoms with Crippen molar-refractivity contribution < 1.29 is 29.2 Å². The molecule has 0 unspecified atom stereocenters. The molecular formula is C20H20N2O7. The maximum Gasteiger partial charge on any atom is 0.334 e. The summed E-state index contributed by atoms with van der Waals surface area (Å²) in [4.78, 5) is 45.4. The summed E-state index contributed by atoms with van der Waals surface area (Å²) in [5, 5.41) is 21.9. The van der Waals surface area contributed by atoms with Gasteiger partial charge in [-0.3, -0.25) is 19.7 Å². The van der Waals surface area contributed by atoms with Crippen molar-refractivity contribution in [3.05, 3.63) is 70.3 Å². The lowest BCUT2D eigenvalue weighted by atomic mass is 10.1. The fraction of sp³-hybridized carbons (Fsp3) is 0.250. The molecule has 2 aromatic carbocycles. The Morgan fingerprint density at radius 3 is 2.28 bits per heavy atom. The number of carbonyl (C=O) groups excluding carboxylic acids is 2. The van der Waals surface area contributed by atoms with Crippen LogP contribution >= 0.6 is 0 Å². The number of hydrogen-bond donors (Lipinski definition) is 2. The average molecular weight is 400 g/mol. The van der Waals surface area contributed by atoms with Crippen LogP contribution in [0.2, 0.25) is 0 Å². The number of ether oxygens (including phenoxy) is 1. The van der Waals surface area contributed by atoms with Gasteiger partial charge in [0.2, 0.25) is 5.91 Å². The van der Waals surface area contributed by atoms with Gasteiger partial charge in [-0.05, 0) is 24.1 Å². The standard InChI is InChI=1S/C20H20N2O7/c23-18(7-4-8-19(24)25)21-17(13-14-5-2-1-3-6-14)20(26)29-16-11-9-15(10-12-16)22(27)28/h1-3,5-6,9-12,17H,4,7-8,13H2,(H,21,23)(H,24,25)/t17-/m0/s1. The van der Waals surface area contributed by atoms with Crippen LogP contribution in [0, 0.1) is 10.1 Å². The Hall–Kier alpha value is -3.75. The van der Waals surface area contributed by atoms with E-state index in [2.05, 4.69) is 5.32 Å². The first-order chi connectivity index (χ1) is 13.8. The van der Waals surface area contributed by atoms with Crippen molar-refractivity contribution in [2.45, 2.75) is 31.7 Å². The van der Waals surface area contributed by atoms with Crippen molar-refractivity contribution in [3.8, 4) is 5.75 Å². The van der Waals surface area contributed by atoms with Crippen molar-refractivity contribution in [2.24, 2.45) is 0 Å². The second-order valence-corrected chi connectivity index (χ2v) is 6.23. The van der Waals surface area contributed by atoms with E-state index in [1.54, 1.807) is 24.3 Å². The largest absolute Gasteiger partial charge is 0.481 e. The molecule has 0 aliphatic heterocycles. The summed E-state index contributed by atoms with van der Waals surface area (Å²) >= 11 is 0. The number of amides is 1. The molecule has 2 N–H and O–H groups in total. The molecule has 29 heavy (non-hydrogen) atoms. The normalized spacial score (nSPS) is 11.3. The molecule has 0 saturated carbocycles. The molecule has 0 bridgehead atoms.